The largest absolute Gasteiger partial charge is 0.466 e. The molecule has 0 aliphatic heterocycles. The zero-order valence-corrected chi connectivity index (χ0v) is 9.01. The van der Waals surface area contributed by atoms with Gasteiger partial charge in [0, 0.05) is 12.2 Å². The average Bonchev–Trinajstić information content (AvgIpc) is 2.65. The molecule has 1 rings (SSSR count). The predicted octanol–water partition coefficient (Wildman–Crippen LogP) is 2.72. The number of hydrogen-bond acceptors (Lipinski definition) is 4. The number of rotatable bonds is 6. The van der Waals surface area contributed by atoms with Gasteiger partial charge < -0.3 is 9.15 Å². The van der Waals surface area contributed by atoms with E-state index in [0.717, 1.165) is 17.3 Å². The lowest BCUT2D eigenvalue weighted by molar-refractivity contribution is -0.143. The Labute approximate surface area is 87.8 Å². The molecule has 0 spiro atoms. The van der Waals surface area contributed by atoms with Gasteiger partial charge in [0.15, 0.2) is 5.09 Å². The fraction of sp³-hybridized carbons (Fsp3) is 0.500. The first kappa shape index (κ1) is 11.2. The van der Waals surface area contributed by atoms with Gasteiger partial charge in [-0.05, 0) is 25.5 Å². The first-order chi connectivity index (χ1) is 6.83. The molecular weight excluding hydrogens is 200 g/mol. The second-order valence-corrected chi connectivity index (χ2v) is 3.79. The topological polar surface area (TPSA) is 39.4 Å². The normalized spacial score (nSPS) is 10.1. The second kappa shape index (κ2) is 6.54. The molecule has 0 saturated carbocycles. The highest BCUT2D eigenvalue weighted by Crippen LogP contribution is 2.19. The number of thioether (sulfide) groups is 1. The standard InChI is InChI=1S/C10H14O3S/c1-2-12-9(11)5-4-8-14-10-6-3-7-13-10/h3,6-7H,2,4-5,8H2,1H3. The van der Waals surface area contributed by atoms with E-state index in [4.69, 9.17) is 9.15 Å². The number of esters is 1. The van der Waals surface area contributed by atoms with Crippen molar-refractivity contribution in [2.75, 3.05) is 12.4 Å². The summed E-state index contributed by atoms with van der Waals surface area (Å²) in [5.41, 5.74) is 0. The Morgan fingerprint density at radius 3 is 3.14 bits per heavy atom. The lowest BCUT2D eigenvalue weighted by atomic mass is 10.3. The van der Waals surface area contributed by atoms with Crippen molar-refractivity contribution in [3.63, 3.8) is 0 Å². The van der Waals surface area contributed by atoms with Crippen molar-refractivity contribution in [1.29, 1.82) is 0 Å². The Balaban J connectivity index is 2.02. The summed E-state index contributed by atoms with van der Waals surface area (Å²) in [5, 5.41) is 0.897. The molecule has 0 bridgehead atoms. The van der Waals surface area contributed by atoms with Crippen LogP contribution in [0.15, 0.2) is 27.9 Å². The first-order valence-corrected chi connectivity index (χ1v) is 5.63. The van der Waals surface area contributed by atoms with Crippen LogP contribution < -0.4 is 0 Å². The van der Waals surface area contributed by atoms with Gasteiger partial charge in [-0.15, -0.1) is 0 Å². The molecule has 0 aliphatic rings. The lowest BCUT2D eigenvalue weighted by Crippen LogP contribution is -2.03. The molecule has 78 valence electrons. The minimum atomic E-state index is -0.118. The summed E-state index contributed by atoms with van der Waals surface area (Å²) < 4.78 is 9.94. The highest BCUT2D eigenvalue weighted by molar-refractivity contribution is 7.99. The molecule has 1 aromatic rings. The number of hydrogen-bond donors (Lipinski definition) is 0. The van der Waals surface area contributed by atoms with Gasteiger partial charge in [-0.2, -0.15) is 0 Å². The van der Waals surface area contributed by atoms with Crippen molar-refractivity contribution in [2.45, 2.75) is 24.9 Å². The van der Waals surface area contributed by atoms with Crippen molar-refractivity contribution in [3.05, 3.63) is 18.4 Å². The van der Waals surface area contributed by atoms with Gasteiger partial charge in [0.25, 0.3) is 0 Å². The van der Waals surface area contributed by atoms with Crippen LogP contribution in [0, 0.1) is 0 Å². The molecule has 4 heteroatoms. The van der Waals surface area contributed by atoms with Gasteiger partial charge in [0.05, 0.1) is 12.9 Å². The van der Waals surface area contributed by atoms with Crippen LogP contribution in [-0.4, -0.2) is 18.3 Å². The van der Waals surface area contributed by atoms with E-state index in [0.29, 0.717) is 13.0 Å². The van der Waals surface area contributed by atoms with Gasteiger partial charge >= 0.3 is 5.97 Å². The molecule has 0 radical (unpaired) electrons. The molecule has 14 heavy (non-hydrogen) atoms. The molecular formula is C10H14O3S. The van der Waals surface area contributed by atoms with Crippen LogP contribution in [-0.2, 0) is 9.53 Å². The van der Waals surface area contributed by atoms with Crippen molar-refractivity contribution in [1.82, 2.24) is 0 Å². The minimum Gasteiger partial charge on any atom is -0.466 e. The van der Waals surface area contributed by atoms with Crippen molar-refractivity contribution in [2.24, 2.45) is 0 Å². The molecule has 0 N–H and O–H groups in total. The van der Waals surface area contributed by atoms with Crippen LogP contribution in [0.3, 0.4) is 0 Å². The van der Waals surface area contributed by atoms with Gasteiger partial charge in [-0.3, -0.25) is 4.79 Å². The van der Waals surface area contributed by atoms with Crippen molar-refractivity contribution in [3.8, 4) is 0 Å². The highest BCUT2D eigenvalue weighted by atomic mass is 32.2. The maximum Gasteiger partial charge on any atom is 0.305 e. The smallest absolute Gasteiger partial charge is 0.305 e. The van der Waals surface area contributed by atoms with E-state index < -0.39 is 0 Å². The zero-order chi connectivity index (χ0) is 10.2. The molecule has 3 nitrogen and oxygen atoms in total. The summed E-state index contributed by atoms with van der Waals surface area (Å²) in [4.78, 5) is 10.9. The van der Waals surface area contributed by atoms with Gasteiger partial charge in [-0.25, -0.2) is 0 Å². The van der Waals surface area contributed by atoms with E-state index in [9.17, 15) is 4.79 Å². The Kier molecular flexibility index (Phi) is 5.22. The minimum absolute atomic E-state index is 0.118. The van der Waals surface area contributed by atoms with Crippen molar-refractivity contribution < 1.29 is 13.9 Å². The third-order valence-electron chi connectivity index (χ3n) is 1.57. The number of furan rings is 1. The third-order valence-corrected chi connectivity index (χ3v) is 2.58. The molecule has 0 aromatic carbocycles. The zero-order valence-electron chi connectivity index (χ0n) is 8.19. The molecule has 0 unspecified atom stereocenters. The summed E-state index contributed by atoms with van der Waals surface area (Å²) >= 11 is 1.61. The molecule has 0 fully saturated rings. The molecule has 0 atom stereocenters. The van der Waals surface area contributed by atoms with E-state index in [-0.39, 0.29) is 5.97 Å². The van der Waals surface area contributed by atoms with E-state index in [1.54, 1.807) is 18.0 Å². The average molecular weight is 214 g/mol. The van der Waals surface area contributed by atoms with E-state index in [2.05, 4.69) is 0 Å². The SMILES string of the molecule is CCOC(=O)CCCSc1ccco1. The van der Waals surface area contributed by atoms with Gasteiger partial charge in [-0.1, -0.05) is 11.8 Å². The predicted molar refractivity (Wildman–Crippen MR) is 55.3 cm³/mol. The number of carbonyl (C=O) groups is 1. The van der Waals surface area contributed by atoms with Gasteiger partial charge in [0.1, 0.15) is 0 Å². The third kappa shape index (κ3) is 4.37. The van der Waals surface area contributed by atoms with Crippen LogP contribution in [0.25, 0.3) is 0 Å². The molecule has 0 aliphatic carbocycles. The fourth-order valence-corrected chi connectivity index (χ4v) is 1.76. The van der Waals surface area contributed by atoms with E-state index in [1.165, 1.54) is 0 Å². The van der Waals surface area contributed by atoms with Crippen LogP contribution in [0.1, 0.15) is 19.8 Å². The quantitative estimate of drug-likeness (QED) is 0.414. The summed E-state index contributed by atoms with van der Waals surface area (Å²) in [6.45, 7) is 2.28. The Morgan fingerprint density at radius 1 is 1.64 bits per heavy atom. The Morgan fingerprint density at radius 2 is 2.50 bits per heavy atom. The van der Waals surface area contributed by atoms with E-state index in [1.807, 2.05) is 19.1 Å². The van der Waals surface area contributed by atoms with Gasteiger partial charge in [0.2, 0.25) is 0 Å². The first-order valence-electron chi connectivity index (χ1n) is 4.65. The molecule has 0 amide bonds. The Bertz CT molecular complexity index is 256. The number of carbonyl (C=O) groups excluding carboxylic acids is 1. The maximum atomic E-state index is 10.9. The monoisotopic (exact) mass is 214 g/mol. The van der Waals surface area contributed by atoms with Crippen LogP contribution in [0.2, 0.25) is 0 Å². The lowest BCUT2D eigenvalue weighted by Gasteiger charge is -2.00. The van der Waals surface area contributed by atoms with Crippen LogP contribution in [0.4, 0.5) is 0 Å². The fourth-order valence-electron chi connectivity index (χ4n) is 0.968. The Hall–Kier alpha value is -0.900. The van der Waals surface area contributed by atoms with Crippen LogP contribution in [0.5, 0.6) is 0 Å². The summed E-state index contributed by atoms with van der Waals surface area (Å²) in [5.74, 6) is 0.763. The molecule has 0 saturated heterocycles. The van der Waals surface area contributed by atoms with Crippen LogP contribution >= 0.6 is 11.8 Å². The molecule has 1 aromatic heterocycles. The highest BCUT2D eigenvalue weighted by Gasteiger charge is 2.02. The summed E-state index contributed by atoms with van der Waals surface area (Å²) in [6.07, 6.45) is 2.96. The maximum absolute atomic E-state index is 10.9. The number of ether oxygens (including phenoxy) is 1. The summed E-state index contributed by atoms with van der Waals surface area (Å²) in [6, 6.07) is 3.77. The van der Waals surface area contributed by atoms with E-state index >= 15 is 0 Å². The second-order valence-electron chi connectivity index (χ2n) is 2.69. The summed E-state index contributed by atoms with van der Waals surface area (Å²) in [7, 11) is 0. The van der Waals surface area contributed by atoms with Crippen molar-refractivity contribution >= 4 is 17.7 Å². The molecule has 1 heterocycles.